The first kappa shape index (κ1) is 22.0. The standard InChI is InChI=1S/C20H18ClF4NO2/c1-18(2,15-8-14(22)5-6-17(15)27)11-19(28,20(23,24)25)9-13-4-3-12(10-26)7-16(13)21/h3-8,27-28H,9,11H2,1-2H3. The molecule has 0 spiro atoms. The van der Waals surface area contributed by atoms with E-state index in [1.807, 2.05) is 6.07 Å². The van der Waals surface area contributed by atoms with Crippen LogP contribution in [0.4, 0.5) is 17.6 Å². The van der Waals surface area contributed by atoms with E-state index in [1.165, 1.54) is 32.0 Å². The van der Waals surface area contributed by atoms with Crippen LogP contribution in [0.3, 0.4) is 0 Å². The first-order chi connectivity index (χ1) is 12.8. The number of aromatic hydroxyl groups is 1. The number of nitrogens with zero attached hydrogens (tertiary/aromatic N) is 1. The van der Waals surface area contributed by atoms with Crippen molar-refractivity contribution in [1.82, 2.24) is 0 Å². The topological polar surface area (TPSA) is 64.2 Å². The minimum Gasteiger partial charge on any atom is -0.508 e. The van der Waals surface area contributed by atoms with Gasteiger partial charge in [-0.15, -0.1) is 0 Å². The van der Waals surface area contributed by atoms with Crippen molar-refractivity contribution < 1.29 is 27.8 Å². The molecule has 0 heterocycles. The van der Waals surface area contributed by atoms with Gasteiger partial charge in [-0.2, -0.15) is 18.4 Å². The van der Waals surface area contributed by atoms with Gasteiger partial charge in [0.1, 0.15) is 11.6 Å². The molecule has 28 heavy (non-hydrogen) atoms. The molecule has 3 nitrogen and oxygen atoms in total. The molecule has 0 saturated heterocycles. The van der Waals surface area contributed by atoms with Crippen LogP contribution in [0.25, 0.3) is 0 Å². The van der Waals surface area contributed by atoms with Gasteiger partial charge >= 0.3 is 6.18 Å². The number of benzene rings is 2. The van der Waals surface area contributed by atoms with Gasteiger partial charge in [0, 0.05) is 17.0 Å². The average Bonchev–Trinajstić information content (AvgIpc) is 2.57. The predicted octanol–water partition coefficient (Wildman–Crippen LogP) is 5.26. The van der Waals surface area contributed by atoms with Crippen LogP contribution in [0.1, 0.15) is 37.0 Å². The van der Waals surface area contributed by atoms with Crippen LogP contribution in [-0.4, -0.2) is 22.0 Å². The van der Waals surface area contributed by atoms with Gasteiger partial charge in [-0.1, -0.05) is 31.5 Å². The highest BCUT2D eigenvalue weighted by Crippen LogP contribution is 2.45. The van der Waals surface area contributed by atoms with Crippen LogP contribution < -0.4 is 0 Å². The number of hydrogen-bond donors (Lipinski definition) is 2. The zero-order chi connectivity index (χ0) is 21.3. The van der Waals surface area contributed by atoms with E-state index in [0.29, 0.717) is 0 Å². The van der Waals surface area contributed by atoms with E-state index in [0.717, 1.165) is 18.2 Å². The lowest BCUT2D eigenvalue weighted by Gasteiger charge is -2.38. The zero-order valence-electron chi connectivity index (χ0n) is 15.1. The fourth-order valence-corrected chi connectivity index (χ4v) is 3.46. The molecule has 8 heteroatoms. The molecule has 0 aromatic heterocycles. The van der Waals surface area contributed by atoms with Gasteiger partial charge in [-0.05, 0) is 47.7 Å². The first-order valence-corrected chi connectivity index (χ1v) is 8.63. The molecule has 0 aliphatic heterocycles. The van der Waals surface area contributed by atoms with Crippen LogP contribution in [0.2, 0.25) is 5.02 Å². The van der Waals surface area contributed by atoms with Gasteiger partial charge in [0.05, 0.1) is 11.6 Å². The van der Waals surface area contributed by atoms with Gasteiger partial charge < -0.3 is 10.2 Å². The molecule has 0 aliphatic carbocycles. The SMILES string of the molecule is CC(C)(CC(O)(Cc1ccc(C#N)cc1Cl)C(F)(F)F)c1cc(F)ccc1O. The van der Waals surface area contributed by atoms with Crippen LogP contribution in [0.5, 0.6) is 5.75 Å². The molecular weight excluding hydrogens is 398 g/mol. The van der Waals surface area contributed by atoms with Crippen molar-refractivity contribution in [2.24, 2.45) is 0 Å². The van der Waals surface area contributed by atoms with E-state index >= 15 is 0 Å². The van der Waals surface area contributed by atoms with E-state index in [1.54, 1.807) is 0 Å². The summed E-state index contributed by atoms with van der Waals surface area (Å²) in [5, 5.41) is 29.3. The molecule has 0 radical (unpaired) electrons. The van der Waals surface area contributed by atoms with Crippen molar-refractivity contribution >= 4 is 11.6 Å². The van der Waals surface area contributed by atoms with Crippen molar-refractivity contribution in [3.8, 4) is 11.8 Å². The summed E-state index contributed by atoms with van der Waals surface area (Å²) in [6, 6.07) is 8.59. The minimum absolute atomic E-state index is 0.0137. The lowest BCUT2D eigenvalue weighted by molar-refractivity contribution is -0.266. The van der Waals surface area contributed by atoms with E-state index in [4.69, 9.17) is 16.9 Å². The second-order valence-electron chi connectivity index (χ2n) is 7.35. The summed E-state index contributed by atoms with van der Waals surface area (Å²) in [5.41, 5.74) is -4.49. The number of phenols is 1. The largest absolute Gasteiger partial charge is 0.508 e. The summed E-state index contributed by atoms with van der Waals surface area (Å²) >= 11 is 5.98. The molecular formula is C20H18ClF4NO2. The van der Waals surface area contributed by atoms with Gasteiger partial charge in [-0.25, -0.2) is 4.39 Å². The summed E-state index contributed by atoms with van der Waals surface area (Å²) in [6.07, 6.45) is -6.73. The Morgan fingerprint density at radius 3 is 2.29 bits per heavy atom. The number of hydrogen-bond acceptors (Lipinski definition) is 3. The second kappa shape index (κ2) is 7.61. The fraction of sp³-hybridized carbons (Fsp3) is 0.350. The third-order valence-electron chi connectivity index (χ3n) is 4.61. The van der Waals surface area contributed by atoms with E-state index in [-0.39, 0.29) is 27.5 Å². The Balaban J connectivity index is 2.46. The quantitative estimate of drug-likeness (QED) is 0.655. The summed E-state index contributed by atoms with van der Waals surface area (Å²) in [7, 11) is 0. The molecule has 1 unspecified atom stereocenters. The smallest absolute Gasteiger partial charge is 0.417 e. The molecule has 0 bridgehead atoms. The molecule has 2 aromatic rings. The monoisotopic (exact) mass is 415 g/mol. The lowest BCUT2D eigenvalue weighted by atomic mass is 9.72. The highest BCUT2D eigenvalue weighted by molar-refractivity contribution is 6.31. The van der Waals surface area contributed by atoms with Crippen LogP contribution in [0.15, 0.2) is 36.4 Å². The molecule has 2 aromatic carbocycles. The maximum absolute atomic E-state index is 13.8. The second-order valence-corrected chi connectivity index (χ2v) is 7.75. The molecule has 0 fully saturated rings. The number of rotatable bonds is 5. The van der Waals surface area contributed by atoms with Crippen LogP contribution in [0, 0.1) is 17.1 Å². The summed E-state index contributed by atoms with van der Waals surface area (Å²) in [4.78, 5) is 0. The van der Waals surface area contributed by atoms with Gasteiger partial charge in [0.15, 0.2) is 5.60 Å². The Morgan fingerprint density at radius 2 is 1.75 bits per heavy atom. The Hall–Kier alpha value is -2.30. The Bertz CT molecular complexity index is 921. The maximum atomic E-state index is 13.8. The summed E-state index contributed by atoms with van der Waals surface area (Å²) in [6.45, 7) is 2.75. The average molecular weight is 416 g/mol. The van der Waals surface area contributed by atoms with E-state index in [2.05, 4.69) is 0 Å². The minimum atomic E-state index is -5.02. The molecule has 2 N–H and O–H groups in total. The first-order valence-electron chi connectivity index (χ1n) is 8.26. The van der Waals surface area contributed by atoms with Crippen LogP contribution in [-0.2, 0) is 11.8 Å². The normalized spacial score (nSPS) is 14.4. The maximum Gasteiger partial charge on any atom is 0.417 e. The molecule has 2 rings (SSSR count). The third-order valence-corrected chi connectivity index (χ3v) is 4.97. The highest BCUT2D eigenvalue weighted by atomic mass is 35.5. The molecule has 1 atom stereocenters. The van der Waals surface area contributed by atoms with Crippen LogP contribution >= 0.6 is 11.6 Å². The summed E-state index contributed by atoms with van der Waals surface area (Å²) in [5.74, 6) is -1.08. The molecule has 0 aliphatic rings. The molecule has 0 amide bonds. The lowest BCUT2D eigenvalue weighted by Crippen LogP contribution is -2.50. The third kappa shape index (κ3) is 4.57. The Morgan fingerprint density at radius 1 is 1.11 bits per heavy atom. The number of alkyl halides is 3. The highest BCUT2D eigenvalue weighted by Gasteiger charge is 2.56. The van der Waals surface area contributed by atoms with Crippen molar-refractivity contribution in [3.63, 3.8) is 0 Å². The number of nitriles is 1. The van der Waals surface area contributed by atoms with Gasteiger partial charge in [0.2, 0.25) is 0 Å². The number of phenolic OH excluding ortho intramolecular Hbond substituents is 1. The summed E-state index contributed by atoms with van der Waals surface area (Å²) < 4.78 is 55.0. The fourth-order valence-electron chi connectivity index (χ4n) is 3.21. The predicted molar refractivity (Wildman–Crippen MR) is 96.6 cm³/mol. The van der Waals surface area contributed by atoms with Gasteiger partial charge in [0.25, 0.3) is 0 Å². The number of aliphatic hydroxyl groups is 1. The van der Waals surface area contributed by atoms with Gasteiger partial charge in [-0.3, -0.25) is 0 Å². The Kier molecular flexibility index (Phi) is 5.98. The van der Waals surface area contributed by atoms with E-state index < -0.39 is 35.9 Å². The Labute approximate surface area is 164 Å². The number of halogens is 5. The molecule has 150 valence electrons. The zero-order valence-corrected chi connectivity index (χ0v) is 15.9. The molecule has 0 saturated carbocycles. The van der Waals surface area contributed by atoms with Crippen molar-refractivity contribution in [1.29, 1.82) is 5.26 Å². The van der Waals surface area contributed by atoms with Crippen molar-refractivity contribution in [2.75, 3.05) is 0 Å². The van der Waals surface area contributed by atoms with Crippen molar-refractivity contribution in [3.05, 3.63) is 63.9 Å². The van der Waals surface area contributed by atoms with Crippen molar-refractivity contribution in [2.45, 2.75) is 43.9 Å². The van der Waals surface area contributed by atoms with E-state index in [9.17, 15) is 27.8 Å².